The van der Waals surface area contributed by atoms with Gasteiger partial charge in [0.25, 0.3) is 0 Å². The van der Waals surface area contributed by atoms with E-state index < -0.39 is 0 Å². The molecule has 0 aliphatic carbocycles. The maximum atomic E-state index is 9.55. The Labute approximate surface area is 77.8 Å². The zero-order valence-corrected chi connectivity index (χ0v) is 7.79. The van der Waals surface area contributed by atoms with E-state index in [2.05, 4.69) is 5.32 Å². The minimum absolute atomic E-state index is 0.217. The first-order chi connectivity index (χ1) is 6.25. The fraction of sp³-hybridized carbons (Fsp3) is 0.600. The molecule has 1 saturated heterocycles. The number of hydrogen-bond donors (Lipinski definition) is 2. The highest BCUT2D eigenvalue weighted by Crippen LogP contribution is 2.17. The molecule has 13 heavy (non-hydrogen) atoms. The van der Waals surface area contributed by atoms with E-state index >= 15 is 0 Å². The zero-order valence-electron chi connectivity index (χ0n) is 7.79. The van der Waals surface area contributed by atoms with E-state index in [1.165, 1.54) is 0 Å². The lowest BCUT2D eigenvalue weighted by Crippen LogP contribution is -2.19. The lowest BCUT2D eigenvalue weighted by molar-refractivity contribution is 0.144. The third kappa shape index (κ3) is 1.92. The lowest BCUT2D eigenvalue weighted by Gasteiger charge is -2.10. The third-order valence-corrected chi connectivity index (χ3v) is 2.56. The number of aliphatic hydroxyl groups excluding tert-OH is 1. The molecule has 1 aromatic rings. The lowest BCUT2D eigenvalue weighted by atomic mass is 10.0. The predicted molar refractivity (Wildman–Crippen MR) is 49.5 cm³/mol. The van der Waals surface area contributed by atoms with Crippen molar-refractivity contribution < 1.29 is 9.52 Å². The van der Waals surface area contributed by atoms with Gasteiger partial charge in [-0.05, 0) is 19.1 Å². The molecular weight excluding hydrogens is 166 g/mol. The first-order valence-corrected chi connectivity index (χ1v) is 4.70. The molecular formula is C10H15NO2. The van der Waals surface area contributed by atoms with Gasteiger partial charge in [0.15, 0.2) is 0 Å². The Morgan fingerprint density at radius 3 is 2.92 bits per heavy atom. The second-order valence-electron chi connectivity index (χ2n) is 3.70. The Balaban J connectivity index is 1.97. The number of furan rings is 1. The Hall–Kier alpha value is -0.800. The van der Waals surface area contributed by atoms with Crippen LogP contribution in [0.1, 0.15) is 11.5 Å². The molecule has 2 atom stereocenters. The van der Waals surface area contributed by atoms with Crippen LogP contribution >= 0.6 is 0 Å². The number of nitrogens with one attached hydrogen (secondary N) is 1. The number of β-amino-alcohol motifs (C(OH)–C–C–N with tert-alkyl or cyclic N) is 1. The summed E-state index contributed by atoms with van der Waals surface area (Å²) in [5.41, 5.74) is 0. The minimum Gasteiger partial charge on any atom is -0.466 e. The third-order valence-electron chi connectivity index (χ3n) is 2.56. The molecule has 1 aliphatic rings. The van der Waals surface area contributed by atoms with Crippen LogP contribution in [0.5, 0.6) is 0 Å². The average molecular weight is 181 g/mol. The maximum Gasteiger partial charge on any atom is 0.104 e. The molecule has 3 heteroatoms. The molecule has 72 valence electrons. The van der Waals surface area contributed by atoms with Crippen LogP contribution in [0.4, 0.5) is 0 Å². The van der Waals surface area contributed by atoms with E-state index in [1.54, 1.807) is 0 Å². The van der Waals surface area contributed by atoms with Gasteiger partial charge in [-0.25, -0.2) is 0 Å². The second kappa shape index (κ2) is 3.52. The Morgan fingerprint density at radius 1 is 1.54 bits per heavy atom. The Kier molecular flexibility index (Phi) is 2.38. The van der Waals surface area contributed by atoms with Gasteiger partial charge in [0.05, 0.1) is 6.10 Å². The van der Waals surface area contributed by atoms with Crippen LogP contribution in [-0.4, -0.2) is 24.3 Å². The molecule has 1 fully saturated rings. The Bertz CT molecular complexity index is 282. The predicted octanol–water partition coefficient (Wildman–Crippen LogP) is 0.711. The van der Waals surface area contributed by atoms with Crippen LogP contribution in [0.3, 0.4) is 0 Å². The molecule has 0 saturated carbocycles. The highest BCUT2D eigenvalue weighted by atomic mass is 16.3. The van der Waals surface area contributed by atoms with Gasteiger partial charge in [0, 0.05) is 25.4 Å². The van der Waals surface area contributed by atoms with E-state index in [9.17, 15) is 5.11 Å². The van der Waals surface area contributed by atoms with Crippen LogP contribution in [0, 0.1) is 12.8 Å². The number of aryl methyl sites for hydroxylation is 1. The van der Waals surface area contributed by atoms with Crippen LogP contribution in [0.25, 0.3) is 0 Å². The highest BCUT2D eigenvalue weighted by molar-refractivity contribution is 5.07. The summed E-state index contributed by atoms with van der Waals surface area (Å²) < 4.78 is 5.45. The molecule has 0 bridgehead atoms. The van der Waals surface area contributed by atoms with Gasteiger partial charge in [-0.2, -0.15) is 0 Å². The largest absolute Gasteiger partial charge is 0.466 e. The summed E-state index contributed by atoms with van der Waals surface area (Å²) in [6, 6.07) is 3.95. The van der Waals surface area contributed by atoms with E-state index in [4.69, 9.17) is 4.42 Å². The van der Waals surface area contributed by atoms with Gasteiger partial charge in [0.1, 0.15) is 11.5 Å². The molecule has 2 unspecified atom stereocenters. The quantitative estimate of drug-likeness (QED) is 0.706. The summed E-state index contributed by atoms with van der Waals surface area (Å²) in [5, 5.41) is 12.7. The van der Waals surface area contributed by atoms with Gasteiger partial charge in [-0.1, -0.05) is 0 Å². The molecule has 1 aromatic heterocycles. The van der Waals surface area contributed by atoms with Crippen molar-refractivity contribution in [2.45, 2.75) is 19.4 Å². The average Bonchev–Trinajstić information content (AvgIpc) is 2.64. The van der Waals surface area contributed by atoms with E-state index in [0.29, 0.717) is 12.5 Å². The second-order valence-corrected chi connectivity index (χ2v) is 3.70. The summed E-state index contributed by atoms with van der Waals surface area (Å²) in [6.07, 6.45) is 0.618. The van der Waals surface area contributed by atoms with Crippen molar-refractivity contribution in [1.82, 2.24) is 5.32 Å². The summed E-state index contributed by atoms with van der Waals surface area (Å²) >= 11 is 0. The standard InChI is InChI=1S/C10H15NO2/c1-7-2-3-9(13-7)4-8-5-11-6-10(8)12/h2-3,8,10-12H,4-6H2,1H3. The number of aliphatic hydroxyl groups is 1. The van der Waals surface area contributed by atoms with Gasteiger partial charge in [-0.3, -0.25) is 0 Å². The number of rotatable bonds is 2. The van der Waals surface area contributed by atoms with E-state index in [-0.39, 0.29) is 6.10 Å². The monoisotopic (exact) mass is 181 g/mol. The summed E-state index contributed by atoms with van der Waals surface area (Å²) in [7, 11) is 0. The molecule has 0 aromatic carbocycles. The molecule has 3 nitrogen and oxygen atoms in total. The minimum atomic E-state index is -0.217. The molecule has 2 rings (SSSR count). The van der Waals surface area contributed by atoms with Crippen LogP contribution in [0.15, 0.2) is 16.5 Å². The normalized spacial score (nSPS) is 28.2. The van der Waals surface area contributed by atoms with Gasteiger partial charge < -0.3 is 14.8 Å². The van der Waals surface area contributed by atoms with Gasteiger partial charge in [-0.15, -0.1) is 0 Å². The van der Waals surface area contributed by atoms with Crippen molar-refractivity contribution in [3.63, 3.8) is 0 Å². The fourth-order valence-electron chi connectivity index (χ4n) is 1.78. The summed E-state index contributed by atoms with van der Waals surface area (Å²) in [4.78, 5) is 0. The van der Waals surface area contributed by atoms with Crippen molar-refractivity contribution in [2.24, 2.45) is 5.92 Å². The molecule has 1 aliphatic heterocycles. The fourth-order valence-corrected chi connectivity index (χ4v) is 1.78. The molecule has 0 radical (unpaired) electrons. The number of hydrogen-bond acceptors (Lipinski definition) is 3. The molecule has 2 N–H and O–H groups in total. The van der Waals surface area contributed by atoms with Crippen LogP contribution in [0.2, 0.25) is 0 Å². The van der Waals surface area contributed by atoms with Crippen molar-refractivity contribution >= 4 is 0 Å². The van der Waals surface area contributed by atoms with E-state index in [0.717, 1.165) is 24.5 Å². The highest BCUT2D eigenvalue weighted by Gasteiger charge is 2.25. The molecule has 0 spiro atoms. The molecule has 2 heterocycles. The smallest absolute Gasteiger partial charge is 0.104 e. The van der Waals surface area contributed by atoms with Crippen molar-refractivity contribution in [3.8, 4) is 0 Å². The summed E-state index contributed by atoms with van der Waals surface area (Å²) in [6.45, 7) is 3.54. The molecule has 0 amide bonds. The van der Waals surface area contributed by atoms with Crippen LogP contribution in [-0.2, 0) is 6.42 Å². The first kappa shape index (κ1) is 8.78. The van der Waals surface area contributed by atoms with Crippen molar-refractivity contribution in [2.75, 3.05) is 13.1 Å². The first-order valence-electron chi connectivity index (χ1n) is 4.70. The topological polar surface area (TPSA) is 45.4 Å². The van der Waals surface area contributed by atoms with E-state index in [1.807, 2.05) is 19.1 Å². The summed E-state index contributed by atoms with van der Waals surface area (Å²) in [5.74, 6) is 2.23. The maximum absolute atomic E-state index is 9.55. The Morgan fingerprint density at radius 2 is 2.38 bits per heavy atom. The van der Waals surface area contributed by atoms with Crippen molar-refractivity contribution in [1.29, 1.82) is 0 Å². The SMILES string of the molecule is Cc1ccc(CC2CNCC2O)o1. The van der Waals surface area contributed by atoms with Gasteiger partial charge >= 0.3 is 0 Å². The zero-order chi connectivity index (χ0) is 9.26. The van der Waals surface area contributed by atoms with Crippen LogP contribution < -0.4 is 5.32 Å². The van der Waals surface area contributed by atoms with Gasteiger partial charge in [0.2, 0.25) is 0 Å². The van der Waals surface area contributed by atoms with Crippen molar-refractivity contribution in [3.05, 3.63) is 23.7 Å².